The molecule has 0 amide bonds. The quantitative estimate of drug-likeness (QED) is 0.761. The maximum atomic E-state index is 3.61. The van der Waals surface area contributed by atoms with Crippen LogP contribution in [0.25, 0.3) is 0 Å². The molecular weight excluding hydrogens is 194 g/mol. The zero-order valence-electron chi connectivity index (χ0n) is 10.3. The van der Waals surface area contributed by atoms with Gasteiger partial charge in [-0.2, -0.15) is 0 Å². The van der Waals surface area contributed by atoms with Gasteiger partial charge >= 0.3 is 0 Å². The van der Waals surface area contributed by atoms with Gasteiger partial charge in [-0.05, 0) is 38.7 Å². The van der Waals surface area contributed by atoms with Crippen molar-refractivity contribution in [3.05, 3.63) is 47.0 Å². The minimum atomic E-state index is 0.578. The van der Waals surface area contributed by atoms with Crippen LogP contribution < -0.4 is 5.32 Å². The van der Waals surface area contributed by atoms with Crippen LogP contribution in [0.5, 0.6) is 0 Å². The zero-order valence-corrected chi connectivity index (χ0v) is 10.3. The van der Waals surface area contributed by atoms with Crippen molar-refractivity contribution in [1.82, 2.24) is 5.32 Å². The summed E-state index contributed by atoms with van der Waals surface area (Å²) in [7, 11) is 0. The van der Waals surface area contributed by atoms with Gasteiger partial charge in [-0.1, -0.05) is 41.5 Å². The molecule has 0 saturated carbocycles. The highest BCUT2D eigenvalue weighted by Gasteiger charge is 2.07. The second-order valence-electron chi connectivity index (χ2n) is 4.84. The Morgan fingerprint density at radius 1 is 1.19 bits per heavy atom. The number of aryl methyl sites for hydroxylation is 2. The summed E-state index contributed by atoms with van der Waals surface area (Å²) in [5.41, 5.74) is 4.11. The van der Waals surface area contributed by atoms with Crippen LogP contribution >= 0.6 is 0 Å². The number of benzene rings is 1. The highest BCUT2D eigenvalue weighted by atomic mass is 14.9. The van der Waals surface area contributed by atoms with Crippen LogP contribution in [-0.4, -0.2) is 6.04 Å². The standard InChI is InChI=1S/C15H21N/c1-12-8-13(2)10-14(9-12)11-16-15-6-4-3-5-7-15/h4,6,8-10,15-16H,3,5,7,11H2,1-2H3. The SMILES string of the molecule is Cc1cc(C)cc(CNC2C=CCCC2)c1. The van der Waals surface area contributed by atoms with Crippen LogP contribution in [0, 0.1) is 13.8 Å². The van der Waals surface area contributed by atoms with Gasteiger partial charge in [0.1, 0.15) is 0 Å². The fraction of sp³-hybridized carbons (Fsp3) is 0.467. The van der Waals surface area contributed by atoms with Crippen molar-refractivity contribution in [2.45, 2.75) is 45.7 Å². The maximum absolute atomic E-state index is 3.61. The molecule has 0 radical (unpaired) electrons. The Bertz CT molecular complexity index is 359. The molecule has 0 aromatic heterocycles. The van der Waals surface area contributed by atoms with Crippen molar-refractivity contribution in [3.8, 4) is 0 Å². The van der Waals surface area contributed by atoms with Crippen molar-refractivity contribution >= 4 is 0 Å². The van der Waals surface area contributed by atoms with Crippen LogP contribution in [0.1, 0.15) is 36.0 Å². The first-order valence-electron chi connectivity index (χ1n) is 6.21. The molecular formula is C15H21N. The topological polar surface area (TPSA) is 12.0 Å². The summed E-state index contributed by atoms with van der Waals surface area (Å²) in [6.07, 6.45) is 8.46. The van der Waals surface area contributed by atoms with E-state index in [0.717, 1.165) is 6.54 Å². The summed E-state index contributed by atoms with van der Waals surface area (Å²) in [5.74, 6) is 0. The number of hydrogen-bond acceptors (Lipinski definition) is 1. The van der Waals surface area contributed by atoms with Crippen LogP contribution in [0.15, 0.2) is 30.4 Å². The molecule has 0 bridgehead atoms. The fourth-order valence-electron chi connectivity index (χ4n) is 2.40. The van der Waals surface area contributed by atoms with E-state index in [4.69, 9.17) is 0 Å². The Morgan fingerprint density at radius 3 is 2.56 bits per heavy atom. The van der Waals surface area contributed by atoms with Crippen molar-refractivity contribution in [1.29, 1.82) is 0 Å². The first-order valence-corrected chi connectivity index (χ1v) is 6.21. The average molecular weight is 215 g/mol. The first-order chi connectivity index (χ1) is 7.74. The molecule has 1 aliphatic carbocycles. The van der Waals surface area contributed by atoms with E-state index < -0.39 is 0 Å². The van der Waals surface area contributed by atoms with E-state index in [1.807, 2.05) is 0 Å². The van der Waals surface area contributed by atoms with Gasteiger partial charge in [0.05, 0.1) is 0 Å². The predicted octanol–water partition coefficient (Wildman–Crippen LogP) is 3.50. The monoisotopic (exact) mass is 215 g/mol. The summed E-state index contributed by atoms with van der Waals surface area (Å²) in [6, 6.07) is 7.35. The molecule has 86 valence electrons. The second kappa shape index (κ2) is 5.31. The molecule has 1 aromatic rings. The smallest absolute Gasteiger partial charge is 0.0253 e. The molecule has 0 saturated heterocycles. The molecule has 1 nitrogen and oxygen atoms in total. The largest absolute Gasteiger partial charge is 0.306 e. The Labute approximate surface area is 98.6 Å². The van der Waals surface area contributed by atoms with Gasteiger partial charge in [-0.15, -0.1) is 0 Å². The molecule has 0 heterocycles. The van der Waals surface area contributed by atoms with Crippen LogP contribution in [0.4, 0.5) is 0 Å². The minimum absolute atomic E-state index is 0.578. The molecule has 0 aliphatic heterocycles. The van der Waals surface area contributed by atoms with Gasteiger partial charge in [0.2, 0.25) is 0 Å². The van der Waals surface area contributed by atoms with Crippen molar-refractivity contribution < 1.29 is 0 Å². The average Bonchev–Trinajstić information content (AvgIpc) is 2.27. The van der Waals surface area contributed by atoms with E-state index in [-0.39, 0.29) is 0 Å². The Hall–Kier alpha value is -1.08. The summed E-state index contributed by atoms with van der Waals surface area (Å²) in [5, 5.41) is 3.61. The molecule has 1 unspecified atom stereocenters. The minimum Gasteiger partial charge on any atom is -0.306 e. The first kappa shape index (κ1) is 11.4. The molecule has 2 rings (SSSR count). The maximum Gasteiger partial charge on any atom is 0.0253 e. The zero-order chi connectivity index (χ0) is 11.4. The second-order valence-corrected chi connectivity index (χ2v) is 4.84. The Balaban J connectivity index is 1.93. The van der Waals surface area contributed by atoms with E-state index in [0.29, 0.717) is 6.04 Å². The number of hydrogen-bond donors (Lipinski definition) is 1. The van der Waals surface area contributed by atoms with Crippen LogP contribution in [-0.2, 0) is 6.54 Å². The summed E-state index contributed by atoms with van der Waals surface area (Å²) >= 11 is 0. The fourth-order valence-corrected chi connectivity index (χ4v) is 2.40. The van der Waals surface area contributed by atoms with E-state index >= 15 is 0 Å². The lowest BCUT2D eigenvalue weighted by atomic mass is 10.0. The highest BCUT2D eigenvalue weighted by Crippen LogP contribution is 2.12. The summed E-state index contributed by atoms with van der Waals surface area (Å²) < 4.78 is 0. The molecule has 1 aromatic carbocycles. The number of allylic oxidation sites excluding steroid dienone is 1. The molecule has 1 N–H and O–H groups in total. The van der Waals surface area contributed by atoms with Gasteiger partial charge in [-0.3, -0.25) is 0 Å². The molecule has 1 aliphatic rings. The molecule has 1 atom stereocenters. The predicted molar refractivity (Wildman–Crippen MR) is 69.5 cm³/mol. The van der Waals surface area contributed by atoms with E-state index in [9.17, 15) is 0 Å². The third-order valence-electron chi connectivity index (χ3n) is 3.10. The van der Waals surface area contributed by atoms with Gasteiger partial charge < -0.3 is 5.32 Å². The van der Waals surface area contributed by atoms with Crippen LogP contribution in [0.3, 0.4) is 0 Å². The summed E-state index contributed by atoms with van der Waals surface area (Å²) in [6.45, 7) is 5.31. The lowest BCUT2D eigenvalue weighted by Gasteiger charge is -2.18. The van der Waals surface area contributed by atoms with E-state index in [2.05, 4.69) is 49.5 Å². The van der Waals surface area contributed by atoms with Gasteiger partial charge in [0.25, 0.3) is 0 Å². The van der Waals surface area contributed by atoms with Gasteiger partial charge in [0, 0.05) is 12.6 Å². The lowest BCUT2D eigenvalue weighted by molar-refractivity contribution is 0.522. The Kier molecular flexibility index (Phi) is 3.79. The lowest BCUT2D eigenvalue weighted by Crippen LogP contribution is -2.27. The highest BCUT2D eigenvalue weighted by molar-refractivity contribution is 5.28. The summed E-state index contributed by atoms with van der Waals surface area (Å²) in [4.78, 5) is 0. The van der Waals surface area contributed by atoms with Crippen LogP contribution in [0.2, 0.25) is 0 Å². The Morgan fingerprint density at radius 2 is 1.94 bits per heavy atom. The van der Waals surface area contributed by atoms with E-state index in [1.165, 1.54) is 36.0 Å². The van der Waals surface area contributed by atoms with Crippen molar-refractivity contribution in [2.24, 2.45) is 0 Å². The number of rotatable bonds is 3. The third kappa shape index (κ3) is 3.21. The van der Waals surface area contributed by atoms with Crippen molar-refractivity contribution in [2.75, 3.05) is 0 Å². The normalized spacial score (nSPS) is 20.0. The third-order valence-corrected chi connectivity index (χ3v) is 3.10. The van der Waals surface area contributed by atoms with Crippen molar-refractivity contribution in [3.63, 3.8) is 0 Å². The van der Waals surface area contributed by atoms with Gasteiger partial charge in [0.15, 0.2) is 0 Å². The molecule has 1 heteroatoms. The molecule has 0 spiro atoms. The molecule has 16 heavy (non-hydrogen) atoms. The van der Waals surface area contributed by atoms with Gasteiger partial charge in [-0.25, -0.2) is 0 Å². The number of nitrogens with one attached hydrogen (secondary N) is 1. The molecule has 0 fully saturated rings. The van der Waals surface area contributed by atoms with E-state index in [1.54, 1.807) is 0 Å².